The van der Waals surface area contributed by atoms with Crippen LogP contribution in [-0.2, 0) is 22.6 Å². The topological polar surface area (TPSA) is 78.8 Å². The van der Waals surface area contributed by atoms with Crippen LogP contribution in [0.15, 0.2) is 73.1 Å². The van der Waals surface area contributed by atoms with Gasteiger partial charge in [-0.05, 0) is 48.1 Å². The summed E-state index contributed by atoms with van der Waals surface area (Å²) in [6.07, 6.45) is 7.45. The van der Waals surface area contributed by atoms with Gasteiger partial charge in [-0.1, -0.05) is 74.5 Å². The fraction of sp³-hybridized carbons (Fsp3) is 0.500. The number of carbonyl (C=O) groups is 3. The number of rotatable bonds is 7. The molecule has 3 saturated heterocycles. The second-order valence-corrected chi connectivity index (χ2v) is 14.4. The van der Waals surface area contributed by atoms with Crippen molar-refractivity contribution in [3.05, 3.63) is 89.7 Å². The quantitative estimate of drug-likeness (QED) is 0.408. The molecule has 3 amide bonds. The Bertz CT molecular complexity index is 1530. The van der Waals surface area contributed by atoms with Crippen LogP contribution in [0.4, 0.5) is 0 Å². The van der Waals surface area contributed by atoms with Gasteiger partial charge < -0.3 is 14.7 Å². The van der Waals surface area contributed by atoms with Crippen LogP contribution in [0.1, 0.15) is 54.6 Å². The van der Waals surface area contributed by atoms with E-state index in [0.717, 1.165) is 44.3 Å². The Labute approximate surface area is 260 Å². The average Bonchev–Trinajstić information content (AvgIpc) is 3.32. The van der Waals surface area contributed by atoms with E-state index in [0.29, 0.717) is 44.2 Å². The zero-order chi connectivity index (χ0) is 30.5. The Morgan fingerprint density at radius 3 is 2.14 bits per heavy atom. The number of piperidine rings is 1. The van der Waals surface area contributed by atoms with Crippen LogP contribution in [0.5, 0.6) is 0 Å². The number of likely N-dealkylation sites (tertiary alicyclic amines) is 3. The normalized spacial score (nSPS) is 25.1. The third-order valence-corrected chi connectivity index (χ3v) is 10.6. The molecule has 0 N–H and O–H groups in total. The summed E-state index contributed by atoms with van der Waals surface area (Å²) >= 11 is 0. The number of benzene rings is 2. The molecular formula is C36H43N5O3. The maximum Gasteiger partial charge on any atom is 0.257 e. The van der Waals surface area contributed by atoms with Crippen molar-refractivity contribution >= 4 is 17.7 Å². The van der Waals surface area contributed by atoms with Gasteiger partial charge in [0, 0.05) is 56.8 Å². The standard InChI is InChI=1S/C36H43N5O3/c1-35(2)17-30(35)33(43)40-24-36(25-40)23-39(32(42)29-18-37-41(21-29)20-27-12-7-4-8-13-27)22-31(36)34(44)38-15-9-14-28(19-38)16-26-10-5-3-6-11-26/h3-8,10-13,18,21,28,30-31H,9,14-17,19-20,22-25H2,1-2H3/t28?,30-,31-/m1/s1. The van der Waals surface area contributed by atoms with Crippen molar-refractivity contribution in [2.24, 2.45) is 28.6 Å². The van der Waals surface area contributed by atoms with E-state index in [9.17, 15) is 14.4 Å². The SMILES string of the molecule is CC1(C)C[C@@H]1C(=O)N1CC2(CN(C(=O)c3cnn(Cc4ccccc4)c3)C[C@@H]2C(=O)N2CCCC(Cc3ccccc3)C2)C1. The van der Waals surface area contributed by atoms with Gasteiger partial charge in [0.1, 0.15) is 0 Å². The molecular weight excluding hydrogens is 550 g/mol. The van der Waals surface area contributed by atoms with E-state index in [-0.39, 0.29) is 35.0 Å². The van der Waals surface area contributed by atoms with Crippen LogP contribution in [0, 0.1) is 28.6 Å². The second-order valence-electron chi connectivity index (χ2n) is 14.4. The van der Waals surface area contributed by atoms with Crippen LogP contribution in [-0.4, -0.2) is 81.5 Å². The molecule has 4 aliphatic rings. The predicted octanol–water partition coefficient (Wildman–Crippen LogP) is 4.36. The molecule has 1 aromatic heterocycles. The second kappa shape index (κ2) is 11.2. The van der Waals surface area contributed by atoms with E-state index in [1.54, 1.807) is 10.9 Å². The van der Waals surface area contributed by atoms with Crippen molar-refractivity contribution < 1.29 is 14.4 Å². The first-order valence-corrected chi connectivity index (χ1v) is 16.2. The Kier molecular flexibility index (Phi) is 7.34. The minimum atomic E-state index is -0.395. The van der Waals surface area contributed by atoms with Gasteiger partial charge >= 0.3 is 0 Å². The first-order valence-electron chi connectivity index (χ1n) is 16.2. The number of carbonyl (C=O) groups excluding carboxylic acids is 3. The molecule has 0 radical (unpaired) electrons. The predicted molar refractivity (Wildman–Crippen MR) is 168 cm³/mol. The molecule has 3 aliphatic heterocycles. The number of amides is 3. The summed E-state index contributed by atoms with van der Waals surface area (Å²) in [5.41, 5.74) is 2.63. The van der Waals surface area contributed by atoms with Gasteiger partial charge in [-0.3, -0.25) is 19.1 Å². The van der Waals surface area contributed by atoms with Crippen molar-refractivity contribution in [2.45, 2.75) is 46.1 Å². The molecule has 1 spiro atoms. The monoisotopic (exact) mass is 593 g/mol. The fourth-order valence-electron chi connectivity index (χ4n) is 7.88. The third kappa shape index (κ3) is 5.55. The van der Waals surface area contributed by atoms with Crippen LogP contribution >= 0.6 is 0 Å². The molecule has 8 heteroatoms. The molecule has 1 aliphatic carbocycles. The molecule has 8 nitrogen and oxygen atoms in total. The molecule has 1 saturated carbocycles. The maximum absolute atomic E-state index is 14.3. The van der Waals surface area contributed by atoms with Crippen molar-refractivity contribution in [1.82, 2.24) is 24.5 Å². The lowest BCUT2D eigenvalue weighted by atomic mass is 9.70. The summed E-state index contributed by atoms with van der Waals surface area (Å²) in [6, 6.07) is 20.6. The Hall–Kier alpha value is -3.94. The molecule has 230 valence electrons. The van der Waals surface area contributed by atoms with Gasteiger partial charge in [0.05, 0.1) is 24.2 Å². The molecule has 7 rings (SSSR count). The van der Waals surface area contributed by atoms with Gasteiger partial charge in [0.2, 0.25) is 11.8 Å². The highest BCUT2D eigenvalue weighted by Gasteiger charge is 2.62. The van der Waals surface area contributed by atoms with Crippen LogP contribution in [0.2, 0.25) is 0 Å². The number of aromatic nitrogens is 2. The van der Waals surface area contributed by atoms with Gasteiger partial charge in [-0.25, -0.2) is 0 Å². The van der Waals surface area contributed by atoms with Crippen molar-refractivity contribution in [2.75, 3.05) is 39.3 Å². The number of hydrogen-bond donors (Lipinski definition) is 0. The lowest BCUT2D eigenvalue weighted by molar-refractivity contribution is -0.156. The molecule has 3 atom stereocenters. The first-order chi connectivity index (χ1) is 21.2. The first kappa shape index (κ1) is 28.8. The third-order valence-electron chi connectivity index (χ3n) is 10.6. The molecule has 1 unspecified atom stereocenters. The molecule has 44 heavy (non-hydrogen) atoms. The van der Waals surface area contributed by atoms with Crippen LogP contribution < -0.4 is 0 Å². The summed E-state index contributed by atoms with van der Waals surface area (Å²) in [4.78, 5) is 47.3. The van der Waals surface area contributed by atoms with Gasteiger partial charge in [0.15, 0.2) is 0 Å². The van der Waals surface area contributed by atoms with E-state index in [1.165, 1.54) is 5.56 Å². The highest BCUT2D eigenvalue weighted by molar-refractivity contribution is 5.95. The molecule has 4 fully saturated rings. The van der Waals surface area contributed by atoms with Crippen molar-refractivity contribution in [3.63, 3.8) is 0 Å². The lowest BCUT2D eigenvalue weighted by Crippen LogP contribution is -2.65. The summed E-state index contributed by atoms with van der Waals surface area (Å²) in [5, 5.41) is 4.46. The zero-order valence-electron chi connectivity index (χ0n) is 25.9. The zero-order valence-corrected chi connectivity index (χ0v) is 25.9. The highest BCUT2D eigenvalue weighted by atomic mass is 16.2. The number of nitrogens with zero attached hydrogens (tertiary/aromatic N) is 5. The van der Waals surface area contributed by atoms with E-state index >= 15 is 0 Å². The smallest absolute Gasteiger partial charge is 0.257 e. The van der Waals surface area contributed by atoms with Gasteiger partial charge in [-0.2, -0.15) is 5.10 Å². The van der Waals surface area contributed by atoms with Gasteiger partial charge in [0.25, 0.3) is 5.91 Å². The lowest BCUT2D eigenvalue weighted by Gasteiger charge is -2.51. The average molecular weight is 594 g/mol. The van der Waals surface area contributed by atoms with E-state index in [4.69, 9.17) is 0 Å². The number of hydrogen-bond acceptors (Lipinski definition) is 4. The van der Waals surface area contributed by atoms with E-state index in [1.807, 2.05) is 52.4 Å². The van der Waals surface area contributed by atoms with Gasteiger partial charge in [-0.15, -0.1) is 0 Å². The van der Waals surface area contributed by atoms with Crippen molar-refractivity contribution in [1.29, 1.82) is 0 Å². The summed E-state index contributed by atoms with van der Waals surface area (Å²) in [6.45, 7) is 8.37. The minimum Gasteiger partial charge on any atom is -0.342 e. The maximum atomic E-state index is 14.3. The van der Waals surface area contributed by atoms with Crippen molar-refractivity contribution in [3.8, 4) is 0 Å². The molecule has 0 bridgehead atoms. The fourth-order valence-corrected chi connectivity index (χ4v) is 7.88. The Morgan fingerprint density at radius 2 is 1.45 bits per heavy atom. The van der Waals surface area contributed by atoms with E-state index < -0.39 is 5.41 Å². The summed E-state index contributed by atoms with van der Waals surface area (Å²) < 4.78 is 1.79. The van der Waals surface area contributed by atoms with E-state index in [2.05, 4.69) is 48.1 Å². The summed E-state index contributed by atoms with van der Waals surface area (Å²) in [7, 11) is 0. The molecule has 2 aromatic carbocycles. The Balaban J connectivity index is 1.07. The highest BCUT2D eigenvalue weighted by Crippen LogP contribution is 2.55. The van der Waals surface area contributed by atoms with Crippen LogP contribution in [0.3, 0.4) is 0 Å². The summed E-state index contributed by atoms with van der Waals surface area (Å²) in [5.74, 6) is 0.461. The minimum absolute atomic E-state index is 0.0637. The molecule has 3 aromatic rings. The Morgan fingerprint density at radius 1 is 0.818 bits per heavy atom. The largest absolute Gasteiger partial charge is 0.342 e. The molecule has 4 heterocycles. The van der Waals surface area contributed by atoms with Crippen LogP contribution in [0.25, 0.3) is 0 Å².